The highest BCUT2D eigenvalue weighted by molar-refractivity contribution is 5.99. The summed E-state index contributed by atoms with van der Waals surface area (Å²) in [6.07, 6.45) is 1.29. The summed E-state index contributed by atoms with van der Waals surface area (Å²) in [6, 6.07) is 15.8. The Morgan fingerprint density at radius 3 is 2.62 bits per heavy atom. The number of hydrogen-bond acceptors (Lipinski definition) is 4. The first kappa shape index (κ1) is 17.1. The quantitative estimate of drug-likeness (QED) is 0.487. The van der Waals surface area contributed by atoms with E-state index < -0.39 is 11.9 Å². The van der Waals surface area contributed by atoms with Crippen LogP contribution in [0.3, 0.4) is 0 Å². The average molecular weight is 348 g/mol. The van der Waals surface area contributed by atoms with Crippen LogP contribution < -0.4 is 5.43 Å². The Morgan fingerprint density at radius 1 is 1.15 bits per heavy atom. The molecule has 0 aliphatic heterocycles. The van der Waals surface area contributed by atoms with E-state index in [1.54, 1.807) is 24.3 Å². The van der Waals surface area contributed by atoms with E-state index in [-0.39, 0.29) is 11.3 Å². The highest BCUT2D eigenvalue weighted by Crippen LogP contribution is 2.18. The number of aromatic nitrogens is 2. The Morgan fingerprint density at radius 2 is 1.88 bits per heavy atom. The molecule has 0 fully saturated rings. The summed E-state index contributed by atoms with van der Waals surface area (Å²) in [7, 11) is 0. The number of hydrogen-bond donors (Lipinski definition) is 3. The van der Waals surface area contributed by atoms with Crippen LogP contribution in [0, 0.1) is 6.92 Å². The molecule has 3 N–H and O–H groups in total. The van der Waals surface area contributed by atoms with Gasteiger partial charge in [-0.1, -0.05) is 48.0 Å². The van der Waals surface area contributed by atoms with Gasteiger partial charge in [0, 0.05) is 11.1 Å². The third kappa shape index (κ3) is 3.84. The summed E-state index contributed by atoms with van der Waals surface area (Å²) in [5.41, 5.74) is 5.79. The summed E-state index contributed by atoms with van der Waals surface area (Å²) in [6.45, 7) is 1.99. The van der Waals surface area contributed by atoms with Gasteiger partial charge in [-0.15, -0.1) is 0 Å². The van der Waals surface area contributed by atoms with E-state index in [0.29, 0.717) is 11.3 Å². The zero-order valence-electron chi connectivity index (χ0n) is 13.9. The first-order valence-electron chi connectivity index (χ1n) is 7.83. The number of carbonyl (C=O) groups is 2. The first-order valence-corrected chi connectivity index (χ1v) is 7.83. The molecule has 130 valence electrons. The van der Waals surface area contributed by atoms with Crippen LogP contribution in [-0.4, -0.2) is 33.4 Å². The van der Waals surface area contributed by atoms with Crippen molar-refractivity contribution < 1.29 is 14.7 Å². The van der Waals surface area contributed by atoms with Crippen molar-refractivity contribution >= 4 is 18.1 Å². The second kappa shape index (κ2) is 7.43. The average Bonchev–Trinajstić information content (AvgIpc) is 3.13. The van der Waals surface area contributed by atoms with Crippen molar-refractivity contribution in [3.63, 3.8) is 0 Å². The minimum absolute atomic E-state index is 0.105. The fourth-order valence-corrected chi connectivity index (χ4v) is 2.34. The molecule has 26 heavy (non-hydrogen) atoms. The molecule has 1 heterocycles. The van der Waals surface area contributed by atoms with Crippen LogP contribution in [-0.2, 0) is 0 Å². The maximum absolute atomic E-state index is 12.1. The van der Waals surface area contributed by atoms with Gasteiger partial charge in [0.15, 0.2) is 0 Å². The van der Waals surface area contributed by atoms with Crippen molar-refractivity contribution in [2.75, 3.05) is 0 Å². The first-order chi connectivity index (χ1) is 12.5. The van der Waals surface area contributed by atoms with Crippen LogP contribution in [0.15, 0.2) is 59.7 Å². The molecular weight excluding hydrogens is 332 g/mol. The second-order valence-electron chi connectivity index (χ2n) is 5.62. The maximum atomic E-state index is 12.1. The molecule has 0 atom stereocenters. The van der Waals surface area contributed by atoms with E-state index in [9.17, 15) is 9.59 Å². The molecule has 7 heteroatoms. The van der Waals surface area contributed by atoms with Crippen LogP contribution in [0.25, 0.3) is 11.3 Å². The molecular formula is C19H16N4O3. The van der Waals surface area contributed by atoms with Crippen LogP contribution in [0.4, 0.5) is 0 Å². The monoisotopic (exact) mass is 348 g/mol. The molecule has 0 spiro atoms. The summed E-state index contributed by atoms with van der Waals surface area (Å²) in [5, 5.41) is 19.7. The molecule has 0 aliphatic rings. The van der Waals surface area contributed by atoms with Crippen LogP contribution in [0.2, 0.25) is 0 Å². The predicted molar refractivity (Wildman–Crippen MR) is 97.2 cm³/mol. The third-order valence-electron chi connectivity index (χ3n) is 3.73. The van der Waals surface area contributed by atoms with Gasteiger partial charge in [0.1, 0.15) is 5.69 Å². The van der Waals surface area contributed by atoms with Gasteiger partial charge in [0.05, 0.1) is 17.5 Å². The van der Waals surface area contributed by atoms with Crippen molar-refractivity contribution in [1.29, 1.82) is 0 Å². The second-order valence-corrected chi connectivity index (χ2v) is 5.62. The number of aromatic amines is 1. The lowest BCUT2D eigenvalue weighted by molar-refractivity contribution is 0.0696. The molecule has 1 aromatic heterocycles. The Labute approximate surface area is 149 Å². The van der Waals surface area contributed by atoms with E-state index in [4.69, 9.17) is 5.11 Å². The number of nitrogens with one attached hydrogen (secondary N) is 2. The zero-order valence-corrected chi connectivity index (χ0v) is 13.9. The summed E-state index contributed by atoms with van der Waals surface area (Å²) in [4.78, 5) is 23.3. The lowest BCUT2D eigenvalue weighted by Crippen LogP contribution is -2.18. The fourth-order valence-electron chi connectivity index (χ4n) is 2.34. The van der Waals surface area contributed by atoms with E-state index in [0.717, 1.165) is 11.1 Å². The number of carbonyl (C=O) groups excluding carboxylic acids is 1. The largest absolute Gasteiger partial charge is 0.478 e. The van der Waals surface area contributed by atoms with Gasteiger partial charge >= 0.3 is 5.97 Å². The minimum atomic E-state index is -1.06. The van der Waals surface area contributed by atoms with Gasteiger partial charge in [-0.25, -0.2) is 10.2 Å². The maximum Gasteiger partial charge on any atom is 0.336 e. The van der Waals surface area contributed by atoms with Gasteiger partial charge in [-0.05, 0) is 19.1 Å². The number of rotatable bonds is 5. The molecule has 3 aromatic rings. The molecule has 0 unspecified atom stereocenters. The number of aryl methyl sites for hydroxylation is 1. The Hall–Kier alpha value is -3.74. The van der Waals surface area contributed by atoms with Crippen LogP contribution in [0.1, 0.15) is 32.0 Å². The molecule has 0 aliphatic carbocycles. The summed E-state index contributed by atoms with van der Waals surface area (Å²) in [5.74, 6) is -1.53. The van der Waals surface area contributed by atoms with Gasteiger partial charge in [0.2, 0.25) is 0 Å². The number of H-pyrrole nitrogens is 1. The highest BCUT2D eigenvalue weighted by atomic mass is 16.4. The van der Waals surface area contributed by atoms with E-state index in [1.807, 2.05) is 31.2 Å². The molecule has 1 amide bonds. The number of carboxylic acids is 1. The van der Waals surface area contributed by atoms with Crippen molar-refractivity contribution in [2.45, 2.75) is 6.92 Å². The van der Waals surface area contributed by atoms with Gasteiger partial charge in [-0.2, -0.15) is 10.2 Å². The van der Waals surface area contributed by atoms with Crippen molar-refractivity contribution in [2.24, 2.45) is 5.10 Å². The molecule has 0 saturated heterocycles. The minimum Gasteiger partial charge on any atom is -0.478 e. The molecule has 3 rings (SSSR count). The molecule has 0 saturated carbocycles. The zero-order chi connectivity index (χ0) is 18.5. The van der Waals surface area contributed by atoms with Gasteiger partial charge < -0.3 is 5.11 Å². The van der Waals surface area contributed by atoms with Crippen molar-refractivity contribution in [3.05, 3.63) is 77.0 Å². The van der Waals surface area contributed by atoms with Crippen molar-refractivity contribution in [3.8, 4) is 11.3 Å². The van der Waals surface area contributed by atoms with E-state index in [2.05, 4.69) is 20.7 Å². The smallest absolute Gasteiger partial charge is 0.336 e. The SMILES string of the molecule is Cc1ccc(-c2cc(C(=O)N/N=C\c3ccccc3C(=O)O)[nH]n2)cc1. The van der Waals surface area contributed by atoms with Gasteiger partial charge in [0.25, 0.3) is 5.91 Å². The standard InChI is InChI=1S/C19H16N4O3/c1-12-6-8-13(9-7-12)16-10-17(22-21-16)18(24)23-20-11-14-4-2-3-5-15(14)19(25)26/h2-11H,1H3,(H,21,22)(H,23,24)(H,25,26)/b20-11-. The summed E-state index contributed by atoms with van der Waals surface area (Å²) >= 11 is 0. The number of hydrazone groups is 1. The predicted octanol–water partition coefficient (Wildman–Crippen LogP) is 2.85. The van der Waals surface area contributed by atoms with Crippen LogP contribution >= 0.6 is 0 Å². The normalized spacial score (nSPS) is 10.8. The Bertz CT molecular complexity index is 974. The molecule has 7 nitrogen and oxygen atoms in total. The fraction of sp³-hybridized carbons (Fsp3) is 0.0526. The lowest BCUT2D eigenvalue weighted by atomic mass is 10.1. The number of carboxylic acid groups (broad SMARTS) is 1. The van der Waals surface area contributed by atoms with Gasteiger partial charge in [-0.3, -0.25) is 9.89 Å². The van der Waals surface area contributed by atoms with E-state index >= 15 is 0 Å². The Balaban J connectivity index is 1.70. The number of nitrogens with zero attached hydrogens (tertiary/aromatic N) is 2. The Kier molecular flexibility index (Phi) is 4.89. The number of benzene rings is 2. The highest BCUT2D eigenvalue weighted by Gasteiger charge is 2.11. The topological polar surface area (TPSA) is 107 Å². The summed E-state index contributed by atoms with van der Waals surface area (Å²) < 4.78 is 0. The number of amides is 1. The third-order valence-corrected chi connectivity index (χ3v) is 3.73. The molecule has 0 bridgehead atoms. The van der Waals surface area contributed by atoms with E-state index in [1.165, 1.54) is 12.3 Å². The number of aromatic carboxylic acids is 1. The van der Waals surface area contributed by atoms with Crippen LogP contribution in [0.5, 0.6) is 0 Å². The molecule has 0 radical (unpaired) electrons. The molecule has 2 aromatic carbocycles. The van der Waals surface area contributed by atoms with Crippen molar-refractivity contribution in [1.82, 2.24) is 15.6 Å². The lowest BCUT2D eigenvalue weighted by Gasteiger charge is -2.00.